The van der Waals surface area contributed by atoms with E-state index in [4.69, 9.17) is 11.6 Å². The van der Waals surface area contributed by atoms with Gasteiger partial charge in [0.05, 0.1) is 29.8 Å². The Bertz CT molecular complexity index is 619. The smallest absolute Gasteiger partial charge is 0.204 e. The molecule has 21 heavy (non-hydrogen) atoms. The lowest BCUT2D eigenvalue weighted by molar-refractivity contribution is 0.814. The quantitative estimate of drug-likeness (QED) is 0.921. The molecule has 0 unspecified atom stereocenters. The first kappa shape index (κ1) is 15.5. The molecule has 0 saturated carbocycles. The van der Waals surface area contributed by atoms with Crippen molar-refractivity contribution in [2.75, 3.05) is 43.3 Å². The highest BCUT2D eigenvalue weighted by molar-refractivity contribution is 6.31. The lowest BCUT2D eigenvalue weighted by Crippen LogP contribution is -2.16. The predicted molar refractivity (Wildman–Crippen MR) is 90.6 cm³/mol. The lowest BCUT2D eigenvalue weighted by atomic mass is 10.2. The van der Waals surface area contributed by atoms with Gasteiger partial charge in [0.2, 0.25) is 5.95 Å². The fourth-order valence-corrected chi connectivity index (χ4v) is 2.41. The van der Waals surface area contributed by atoms with Gasteiger partial charge in [-0.1, -0.05) is 11.6 Å². The highest BCUT2D eigenvalue weighted by Gasteiger charge is 2.10. The molecule has 0 aliphatic heterocycles. The molecule has 6 heteroatoms. The Hall–Kier alpha value is -1.88. The van der Waals surface area contributed by atoms with Gasteiger partial charge in [0.15, 0.2) is 0 Å². The van der Waals surface area contributed by atoms with E-state index < -0.39 is 0 Å². The molecule has 1 heterocycles. The van der Waals surface area contributed by atoms with Crippen molar-refractivity contribution in [3.05, 3.63) is 35.1 Å². The van der Waals surface area contributed by atoms with E-state index in [2.05, 4.69) is 19.8 Å². The van der Waals surface area contributed by atoms with Crippen LogP contribution in [0.5, 0.6) is 0 Å². The van der Waals surface area contributed by atoms with E-state index in [0.29, 0.717) is 6.54 Å². The topological polar surface area (TPSA) is 36.3 Å². The number of nitrogens with one attached hydrogen (secondary N) is 1. The van der Waals surface area contributed by atoms with E-state index in [1.165, 1.54) is 0 Å². The molecule has 0 radical (unpaired) electrons. The SMILES string of the molecule is CN(C)c1ccc(Cl)cc1NCc1cnc(N(C)C)n1C. The van der Waals surface area contributed by atoms with Gasteiger partial charge in [0.25, 0.3) is 0 Å². The number of imidazole rings is 1. The normalized spacial score (nSPS) is 10.6. The number of nitrogens with zero attached hydrogens (tertiary/aromatic N) is 4. The second-order valence-corrected chi connectivity index (χ2v) is 5.85. The zero-order valence-corrected chi connectivity index (χ0v) is 13.9. The van der Waals surface area contributed by atoms with Crippen molar-refractivity contribution < 1.29 is 0 Å². The van der Waals surface area contributed by atoms with Gasteiger partial charge in [-0.2, -0.15) is 0 Å². The van der Waals surface area contributed by atoms with Gasteiger partial charge in [-0.3, -0.25) is 0 Å². The van der Waals surface area contributed by atoms with E-state index in [1.807, 2.05) is 64.5 Å². The molecule has 0 atom stereocenters. The highest BCUT2D eigenvalue weighted by Crippen LogP contribution is 2.28. The summed E-state index contributed by atoms with van der Waals surface area (Å²) in [6.45, 7) is 0.693. The second kappa shape index (κ2) is 6.26. The van der Waals surface area contributed by atoms with Crippen LogP contribution in [0.2, 0.25) is 5.02 Å². The Balaban J connectivity index is 2.18. The maximum Gasteiger partial charge on any atom is 0.204 e. The number of rotatable bonds is 5. The van der Waals surface area contributed by atoms with E-state index in [1.54, 1.807) is 0 Å². The number of hydrogen-bond acceptors (Lipinski definition) is 4. The summed E-state index contributed by atoms with van der Waals surface area (Å²) in [4.78, 5) is 8.47. The standard InChI is InChI=1S/C15H22ClN5/c1-19(2)14-7-6-11(16)8-13(14)17-9-12-10-18-15(20(3)4)21(12)5/h6-8,10,17H,9H2,1-5H3. The molecule has 114 valence electrons. The Labute approximate surface area is 131 Å². The fraction of sp³-hybridized carbons (Fsp3) is 0.400. The van der Waals surface area contributed by atoms with Crippen molar-refractivity contribution in [3.8, 4) is 0 Å². The highest BCUT2D eigenvalue weighted by atomic mass is 35.5. The van der Waals surface area contributed by atoms with Gasteiger partial charge in [-0.15, -0.1) is 0 Å². The number of aromatic nitrogens is 2. The summed E-state index contributed by atoms with van der Waals surface area (Å²) in [6, 6.07) is 5.86. The summed E-state index contributed by atoms with van der Waals surface area (Å²) in [7, 11) is 10.0. The van der Waals surface area contributed by atoms with E-state index in [-0.39, 0.29) is 0 Å². The first-order valence-corrected chi connectivity index (χ1v) is 7.16. The second-order valence-electron chi connectivity index (χ2n) is 5.41. The number of benzene rings is 1. The van der Waals surface area contributed by atoms with Crippen molar-refractivity contribution in [3.63, 3.8) is 0 Å². The van der Waals surface area contributed by atoms with Gasteiger partial charge in [-0.25, -0.2) is 4.98 Å². The molecule has 0 bridgehead atoms. The van der Waals surface area contributed by atoms with Crippen molar-refractivity contribution in [2.45, 2.75) is 6.54 Å². The molecule has 2 aromatic rings. The molecule has 0 amide bonds. The predicted octanol–water partition coefficient (Wildman–Crippen LogP) is 2.82. The Morgan fingerprint density at radius 3 is 2.48 bits per heavy atom. The van der Waals surface area contributed by atoms with Gasteiger partial charge in [-0.05, 0) is 18.2 Å². The summed E-state index contributed by atoms with van der Waals surface area (Å²) in [5, 5.41) is 4.16. The van der Waals surface area contributed by atoms with Crippen LogP contribution in [-0.4, -0.2) is 37.7 Å². The van der Waals surface area contributed by atoms with Crippen LogP contribution in [0, 0.1) is 0 Å². The van der Waals surface area contributed by atoms with Gasteiger partial charge >= 0.3 is 0 Å². The minimum absolute atomic E-state index is 0.693. The fourth-order valence-electron chi connectivity index (χ4n) is 2.24. The lowest BCUT2D eigenvalue weighted by Gasteiger charge is -2.19. The van der Waals surface area contributed by atoms with Crippen LogP contribution < -0.4 is 15.1 Å². The zero-order chi connectivity index (χ0) is 15.6. The monoisotopic (exact) mass is 307 g/mol. The Morgan fingerprint density at radius 1 is 1.19 bits per heavy atom. The third kappa shape index (κ3) is 3.42. The molecule has 0 aliphatic carbocycles. The van der Waals surface area contributed by atoms with Gasteiger partial charge in [0, 0.05) is 40.3 Å². The summed E-state index contributed by atoms with van der Waals surface area (Å²) in [5.41, 5.74) is 3.23. The summed E-state index contributed by atoms with van der Waals surface area (Å²) >= 11 is 6.10. The molecule has 1 N–H and O–H groups in total. The van der Waals surface area contributed by atoms with Crippen LogP contribution in [0.1, 0.15) is 5.69 Å². The minimum atomic E-state index is 0.693. The molecule has 2 rings (SSSR count). The molecule has 5 nitrogen and oxygen atoms in total. The van der Waals surface area contributed by atoms with Crippen LogP contribution in [0.3, 0.4) is 0 Å². The first-order valence-electron chi connectivity index (χ1n) is 6.79. The van der Waals surface area contributed by atoms with Crippen molar-refractivity contribution in [2.24, 2.45) is 7.05 Å². The van der Waals surface area contributed by atoms with E-state index >= 15 is 0 Å². The molecule has 1 aromatic heterocycles. The summed E-state index contributed by atoms with van der Waals surface area (Å²) in [6.07, 6.45) is 1.89. The summed E-state index contributed by atoms with van der Waals surface area (Å²) in [5.74, 6) is 0.936. The van der Waals surface area contributed by atoms with Crippen LogP contribution in [0.4, 0.5) is 17.3 Å². The maximum absolute atomic E-state index is 6.10. The van der Waals surface area contributed by atoms with Crippen LogP contribution in [0.25, 0.3) is 0 Å². The van der Waals surface area contributed by atoms with Crippen LogP contribution >= 0.6 is 11.6 Å². The van der Waals surface area contributed by atoms with Crippen LogP contribution in [-0.2, 0) is 13.6 Å². The number of hydrogen-bond donors (Lipinski definition) is 1. The molecule has 0 spiro atoms. The molecular formula is C15H22ClN5. The largest absolute Gasteiger partial charge is 0.378 e. The van der Waals surface area contributed by atoms with Crippen molar-refractivity contribution >= 4 is 28.9 Å². The molecule has 0 saturated heterocycles. The Morgan fingerprint density at radius 2 is 1.90 bits per heavy atom. The van der Waals surface area contributed by atoms with Gasteiger partial charge in [0.1, 0.15) is 0 Å². The molecular weight excluding hydrogens is 286 g/mol. The third-order valence-electron chi connectivity index (χ3n) is 3.36. The minimum Gasteiger partial charge on any atom is -0.378 e. The Kier molecular flexibility index (Phi) is 4.63. The van der Waals surface area contributed by atoms with Crippen molar-refractivity contribution in [1.29, 1.82) is 0 Å². The van der Waals surface area contributed by atoms with E-state index in [9.17, 15) is 0 Å². The maximum atomic E-state index is 6.10. The summed E-state index contributed by atoms with van der Waals surface area (Å²) < 4.78 is 2.08. The third-order valence-corrected chi connectivity index (χ3v) is 3.60. The molecule has 0 fully saturated rings. The number of anilines is 3. The van der Waals surface area contributed by atoms with E-state index in [0.717, 1.165) is 28.0 Å². The first-order chi connectivity index (χ1) is 9.90. The number of halogens is 1. The van der Waals surface area contributed by atoms with Crippen molar-refractivity contribution in [1.82, 2.24) is 9.55 Å². The molecule has 1 aromatic carbocycles. The van der Waals surface area contributed by atoms with Gasteiger partial charge < -0.3 is 19.7 Å². The van der Waals surface area contributed by atoms with Crippen LogP contribution in [0.15, 0.2) is 24.4 Å². The average molecular weight is 308 g/mol. The zero-order valence-electron chi connectivity index (χ0n) is 13.2. The molecule has 0 aliphatic rings. The average Bonchev–Trinajstić information content (AvgIpc) is 2.77.